The van der Waals surface area contributed by atoms with Crippen LogP contribution in [-0.2, 0) is 17.3 Å². The summed E-state index contributed by atoms with van der Waals surface area (Å²) in [4.78, 5) is 11.5. The van der Waals surface area contributed by atoms with E-state index < -0.39 is 11.4 Å². The lowest BCUT2D eigenvalue weighted by atomic mass is 9.88. The van der Waals surface area contributed by atoms with Crippen LogP contribution in [0.4, 0.5) is 0 Å². The predicted molar refractivity (Wildman–Crippen MR) is 60.7 cm³/mol. The summed E-state index contributed by atoms with van der Waals surface area (Å²) < 4.78 is 1.53. The number of rotatable bonds is 2. The topological polar surface area (TPSA) is 55.1 Å². The molecule has 0 aliphatic heterocycles. The molecule has 1 unspecified atom stereocenters. The fourth-order valence-corrected chi connectivity index (χ4v) is 2.97. The molecule has 1 fully saturated rings. The van der Waals surface area contributed by atoms with E-state index in [0.717, 1.165) is 0 Å². The molecule has 0 amide bonds. The van der Waals surface area contributed by atoms with Crippen molar-refractivity contribution in [1.82, 2.24) is 9.78 Å². The van der Waals surface area contributed by atoms with E-state index >= 15 is 0 Å². The molecule has 1 saturated carbocycles. The Kier molecular flexibility index (Phi) is 2.15. The highest BCUT2D eigenvalue weighted by Gasteiger charge is 2.69. The Balaban J connectivity index is 2.64. The maximum absolute atomic E-state index is 11.5. The summed E-state index contributed by atoms with van der Waals surface area (Å²) >= 11 is 6.15. The highest BCUT2D eigenvalue weighted by atomic mass is 35.5. The van der Waals surface area contributed by atoms with E-state index in [4.69, 9.17) is 11.6 Å². The number of hydrogen-bond donors (Lipinski definition) is 1. The Morgan fingerprint density at radius 1 is 1.56 bits per heavy atom. The van der Waals surface area contributed by atoms with Gasteiger partial charge in [-0.2, -0.15) is 5.10 Å². The minimum absolute atomic E-state index is 0.254. The van der Waals surface area contributed by atoms with Crippen molar-refractivity contribution in [1.29, 1.82) is 0 Å². The summed E-state index contributed by atoms with van der Waals surface area (Å²) in [5.74, 6) is -0.810. The summed E-state index contributed by atoms with van der Waals surface area (Å²) in [6.07, 6.45) is 0.613. The maximum atomic E-state index is 11.5. The zero-order valence-corrected chi connectivity index (χ0v) is 10.6. The van der Waals surface area contributed by atoms with Crippen molar-refractivity contribution >= 4 is 17.6 Å². The first-order chi connectivity index (χ1) is 7.24. The van der Waals surface area contributed by atoms with Crippen molar-refractivity contribution < 1.29 is 9.90 Å². The number of nitrogens with zero attached hydrogens (tertiary/aromatic N) is 2. The number of carboxylic acid groups (broad SMARTS) is 1. The Bertz CT molecular complexity index is 479. The van der Waals surface area contributed by atoms with Crippen molar-refractivity contribution in [2.45, 2.75) is 32.6 Å². The largest absolute Gasteiger partial charge is 0.481 e. The second kappa shape index (κ2) is 3.00. The lowest BCUT2D eigenvalue weighted by Gasteiger charge is -2.15. The van der Waals surface area contributed by atoms with E-state index in [9.17, 15) is 9.90 Å². The lowest BCUT2D eigenvalue weighted by Crippen LogP contribution is -2.26. The predicted octanol–water partition coefficient (Wildman–Crippen LogP) is 2.13. The molecule has 2 rings (SSSR count). The Morgan fingerprint density at radius 3 is 2.31 bits per heavy atom. The molecule has 1 aromatic heterocycles. The first kappa shape index (κ1) is 11.5. The zero-order valence-electron chi connectivity index (χ0n) is 9.83. The molecule has 1 aliphatic carbocycles. The highest BCUT2D eigenvalue weighted by molar-refractivity contribution is 6.31. The molecule has 0 radical (unpaired) electrons. The fraction of sp³-hybridized carbons (Fsp3) is 0.636. The number of carbonyl (C=O) groups is 1. The van der Waals surface area contributed by atoms with E-state index in [1.165, 1.54) is 4.68 Å². The van der Waals surface area contributed by atoms with Crippen molar-refractivity contribution in [3.05, 3.63) is 16.4 Å². The van der Waals surface area contributed by atoms with Crippen LogP contribution in [0.15, 0.2) is 0 Å². The number of halogens is 1. The summed E-state index contributed by atoms with van der Waals surface area (Å²) in [5.41, 5.74) is 0.272. The first-order valence-electron chi connectivity index (χ1n) is 5.17. The first-order valence-corrected chi connectivity index (χ1v) is 5.55. The lowest BCUT2D eigenvalue weighted by molar-refractivity contribution is -0.141. The van der Waals surface area contributed by atoms with Crippen LogP contribution >= 0.6 is 11.6 Å². The summed E-state index contributed by atoms with van der Waals surface area (Å²) in [5, 5.41) is 14.1. The SMILES string of the molecule is Cc1nn(C)c(Cl)c1C1(C(=O)O)CC1(C)C. The maximum Gasteiger partial charge on any atom is 0.314 e. The molecule has 1 aromatic rings. The van der Waals surface area contributed by atoms with Crippen LogP contribution in [0.3, 0.4) is 0 Å². The van der Waals surface area contributed by atoms with E-state index in [0.29, 0.717) is 22.8 Å². The molecule has 0 saturated heterocycles. The van der Waals surface area contributed by atoms with Crippen molar-refractivity contribution in [3.8, 4) is 0 Å². The second-order valence-corrected chi connectivity index (χ2v) is 5.50. The van der Waals surface area contributed by atoms with Crippen LogP contribution in [0, 0.1) is 12.3 Å². The molecule has 16 heavy (non-hydrogen) atoms. The van der Waals surface area contributed by atoms with Gasteiger partial charge in [-0.3, -0.25) is 9.48 Å². The van der Waals surface area contributed by atoms with Crippen LogP contribution in [0.5, 0.6) is 0 Å². The average Bonchev–Trinajstić information content (AvgIpc) is 2.60. The van der Waals surface area contributed by atoms with Gasteiger partial charge in [-0.15, -0.1) is 0 Å². The average molecular weight is 243 g/mol. The number of aromatic nitrogens is 2. The molecule has 0 spiro atoms. The van der Waals surface area contributed by atoms with Crippen molar-refractivity contribution in [2.75, 3.05) is 0 Å². The molecule has 88 valence electrons. The standard InChI is InChI=1S/C11H15ClN2O2/c1-6-7(8(12)14(4)13-6)11(9(15)16)5-10(11,2)3/h5H2,1-4H3,(H,15,16). The smallest absolute Gasteiger partial charge is 0.314 e. The minimum Gasteiger partial charge on any atom is -0.481 e. The molecule has 1 aliphatic rings. The van der Waals surface area contributed by atoms with Gasteiger partial charge >= 0.3 is 5.97 Å². The van der Waals surface area contributed by atoms with Gasteiger partial charge in [0.1, 0.15) is 10.6 Å². The quantitative estimate of drug-likeness (QED) is 0.865. The fourth-order valence-electron chi connectivity index (χ4n) is 2.63. The van der Waals surface area contributed by atoms with Crippen molar-refractivity contribution in [3.63, 3.8) is 0 Å². The third-order valence-electron chi connectivity index (χ3n) is 3.68. The highest BCUT2D eigenvalue weighted by Crippen LogP contribution is 2.66. The van der Waals surface area contributed by atoms with Gasteiger partial charge in [0.15, 0.2) is 0 Å². The zero-order chi connectivity index (χ0) is 12.3. The molecular weight excluding hydrogens is 228 g/mol. The number of carboxylic acids is 1. The third kappa shape index (κ3) is 1.16. The molecule has 1 N–H and O–H groups in total. The number of aryl methyl sites for hydroxylation is 2. The molecule has 0 aromatic carbocycles. The van der Waals surface area contributed by atoms with E-state index in [1.807, 2.05) is 13.8 Å². The molecular formula is C11H15ClN2O2. The normalized spacial score (nSPS) is 26.8. The molecule has 1 heterocycles. The van der Waals surface area contributed by atoms with Crippen LogP contribution in [0.1, 0.15) is 31.5 Å². The van der Waals surface area contributed by atoms with Gasteiger partial charge in [0.2, 0.25) is 0 Å². The Labute approximate surface area is 99.2 Å². The van der Waals surface area contributed by atoms with Crippen LogP contribution in [0.25, 0.3) is 0 Å². The van der Waals surface area contributed by atoms with Gasteiger partial charge in [-0.25, -0.2) is 0 Å². The van der Waals surface area contributed by atoms with E-state index in [-0.39, 0.29) is 5.41 Å². The van der Waals surface area contributed by atoms with E-state index in [2.05, 4.69) is 5.10 Å². The van der Waals surface area contributed by atoms with Gasteiger partial charge in [0.05, 0.1) is 5.69 Å². The molecule has 1 atom stereocenters. The van der Waals surface area contributed by atoms with Gasteiger partial charge in [0, 0.05) is 12.6 Å². The second-order valence-electron chi connectivity index (χ2n) is 5.15. The number of hydrogen-bond acceptors (Lipinski definition) is 2. The molecule has 4 nitrogen and oxygen atoms in total. The van der Waals surface area contributed by atoms with Crippen LogP contribution < -0.4 is 0 Å². The number of aliphatic carboxylic acids is 1. The summed E-state index contributed by atoms with van der Waals surface area (Å²) in [6.45, 7) is 5.70. The monoisotopic (exact) mass is 242 g/mol. The summed E-state index contributed by atoms with van der Waals surface area (Å²) in [7, 11) is 1.73. The van der Waals surface area contributed by atoms with Crippen LogP contribution in [0.2, 0.25) is 5.15 Å². The third-order valence-corrected chi connectivity index (χ3v) is 4.12. The van der Waals surface area contributed by atoms with Gasteiger partial charge in [-0.1, -0.05) is 25.4 Å². The van der Waals surface area contributed by atoms with Crippen LogP contribution in [-0.4, -0.2) is 20.9 Å². The summed E-state index contributed by atoms with van der Waals surface area (Å²) in [6, 6.07) is 0. The van der Waals surface area contributed by atoms with Gasteiger partial charge in [-0.05, 0) is 18.8 Å². The van der Waals surface area contributed by atoms with E-state index in [1.54, 1.807) is 14.0 Å². The Hall–Kier alpha value is -1.03. The molecule has 0 bridgehead atoms. The minimum atomic E-state index is -0.859. The van der Waals surface area contributed by atoms with Gasteiger partial charge in [0.25, 0.3) is 0 Å². The van der Waals surface area contributed by atoms with Gasteiger partial charge < -0.3 is 5.11 Å². The van der Waals surface area contributed by atoms with Crippen molar-refractivity contribution in [2.24, 2.45) is 12.5 Å². The molecule has 5 heteroatoms. The Morgan fingerprint density at radius 2 is 2.06 bits per heavy atom.